The molecule has 0 aromatic rings. The maximum absolute atomic E-state index is 12.2. The molecule has 0 spiro atoms. The summed E-state index contributed by atoms with van der Waals surface area (Å²) in [6, 6.07) is 0. The van der Waals surface area contributed by atoms with Gasteiger partial charge in [-0.2, -0.15) is 0 Å². The van der Waals surface area contributed by atoms with Gasteiger partial charge in [0.1, 0.15) is 6.10 Å². The SMILES string of the molecule is CCCCCCCCC/C=C\CCCCCCCCCC(=O)OC(CO)COCCCCCCCCCCCCCCCC. The average Bonchev–Trinajstić information content (AvgIpc) is 3.03. The minimum atomic E-state index is -0.529. The van der Waals surface area contributed by atoms with Gasteiger partial charge in [-0.1, -0.05) is 180 Å². The Morgan fingerprint density at radius 2 is 0.886 bits per heavy atom. The van der Waals surface area contributed by atoms with Crippen LogP contribution >= 0.6 is 0 Å². The van der Waals surface area contributed by atoms with Crippen LogP contribution in [0.4, 0.5) is 0 Å². The zero-order chi connectivity index (χ0) is 32.0. The van der Waals surface area contributed by atoms with Crippen molar-refractivity contribution in [1.29, 1.82) is 0 Å². The van der Waals surface area contributed by atoms with Gasteiger partial charge in [-0.15, -0.1) is 0 Å². The normalized spacial score (nSPS) is 12.3. The van der Waals surface area contributed by atoms with E-state index in [1.54, 1.807) is 0 Å². The van der Waals surface area contributed by atoms with Crippen molar-refractivity contribution < 1.29 is 19.4 Å². The molecule has 1 atom stereocenters. The molecule has 0 aliphatic carbocycles. The van der Waals surface area contributed by atoms with E-state index in [2.05, 4.69) is 26.0 Å². The van der Waals surface area contributed by atoms with Crippen LogP contribution in [-0.2, 0) is 14.3 Å². The second-order valence-corrected chi connectivity index (χ2v) is 13.4. The molecule has 0 aromatic heterocycles. The molecule has 1 N–H and O–H groups in total. The third-order valence-corrected chi connectivity index (χ3v) is 8.84. The minimum absolute atomic E-state index is 0.168. The number of esters is 1. The van der Waals surface area contributed by atoms with Gasteiger partial charge < -0.3 is 14.6 Å². The lowest BCUT2D eigenvalue weighted by Gasteiger charge is -2.16. The highest BCUT2D eigenvalue weighted by Gasteiger charge is 2.13. The van der Waals surface area contributed by atoms with Crippen LogP contribution in [0.15, 0.2) is 12.2 Å². The molecule has 0 radical (unpaired) electrons. The first-order valence-corrected chi connectivity index (χ1v) is 19.8. The molecular weight excluding hydrogens is 544 g/mol. The Balaban J connectivity index is 3.40. The van der Waals surface area contributed by atoms with Crippen LogP contribution in [0.1, 0.15) is 213 Å². The predicted molar refractivity (Wildman–Crippen MR) is 191 cm³/mol. The topological polar surface area (TPSA) is 55.8 Å². The Morgan fingerprint density at radius 3 is 1.30 bits per heavy atom. The summed E-state index contributed by atoms with van der Waals surface area (Å²) < 4.78 is 11.1. The average molecular weight is 623 g/mol. The van der Waals surface area contributed by atoms with Gasteiger partial charge in [0, 0.05) is 13.0 Å². The summed E-state index contributed by atoms with van der Waals surface area (Å²) in [5.74, 6) is -0.201. The van der Waals surface area contributed by atoms with Crippen molar-refractivity contribution in [3.8, 4) is 0 Å². The van der Waals surface area contributed by atoms with E-state index in [0.717, 1.165) is 19.3 Å². The van der Waals surface area contributed by atoms with Crippen LogP contribution < -0.4 is 0 Å². The van der Waals surface area contributed by atoms with Crippen molar-refractivity contribution in [1.82, 2.24) is 0 Å². The largest absolute Gasteiger partial charge is 0.457 e. The summed E-state index contributed by atoms with van der Waals surface area (Å²) in [4.78, 5) is 12.2. The molecular formula is C40H78O4. The molecule has 0 saturated heterocycles. The van der Waals surface area contributed by atoms with Crippen LogP contribution in [0.25, 0.3) is 0 Å². The van der Waals surface area contributed by atoms with E-state index in [1.165, 1.54) is 173 Å². The molecule has 0 rings (SSSR count). The summed E-state index contributed by atoms with van der Waals surface area (Å²) in [5, 5.41) is 9.57. The van der Waals surface area contributed by atoms with E-state index < -0.39 is 6.10 Å². The molecule has 1 unspecified atom stereocenters. The summed E-state index contributed by atoms with van der Waals surface area (Å²) in [6.45, 7) is 5.37. The zero-order valence-electron chi connectivity index (χ0n) is 29.9. The molecule has 0 aliphatic heterocycles. The fourth-order valence-electron chi connectivity index (χ4n) is 5.85. The van der Waals surface area contributed by atoms with E-state index in [-0.39, 0.29) is 12.6 Å². The van der Waals surface area contributed by atoms with Crippen LogP contribution in [-0.4, -0.2) is 37.0 Å². The lowest BCUT2D eigenvalue weighted by Crippen LogP contribution is -2.27. The second-order valence-electron chi connectivity index (χ2n) is 13.4. The first kappa shape index (κ1) is 43.1. The molecule has 0 heterocycles. The first-order chi connectivity index (χ1) is 21.7. The third-order valence-electron chi connectivity index (χ3n) is 8.84. The summed E-state index contributed by atoms with van der Waals surface area (Å²) in [5.41, 5.74) is 0. The molecule has 0 amide bonds. The quantitative estimate of drug-likeness (QED) is 0.0425. The van der Waals surface area contributed by atoms with E-state index in [1.807, 2.05) is 0 Å². The van der Waals surface area contributed by atoms with Crippen molar-refractivity contribution in [2.24, 2.45) is 0 Å². The summed E-state index contributed by atoms with van der Waals surface area (Å²) in [7, 11) is 0. The van der Waals surface area contributed by atoms with Crippen LogP contribution in [0.2, 0.25) is 0 Å². The highest BCUT2D eigenvalue weighted by atomic mass is 16.6. The number of hydrogen-bond donors (Lipinski definition) is 1. The predicted octanol–water partition coefficient (Wildman–Crippen LogP) is 12.6. The number of ether oxygens (including phenoxy) is 2. The molecule has 4 nitrogen and oxygen atoms in total. The van der Waals surface area contributed by atoms with E-state index in [4.69, 9.17) is 9.47 Å². The fraction of sp³-hybridized carbons (Fsp3) is 0.925. The van der Waals surface area contributed by atoms with Gasteiger partial charge in [0.05, 0.1) is 13.2 Å². The second kappa shape index (κ2) is 38.3. The number of carbonyl (C=O) groups excluding carboxylic acids is 1. The van der Waals surface area contributed by atoms with Crippen molar-refractivity contribution in [3.05, 3.63) is 12.2 Å². The molecule has 0 aromatic carbocycles. The zero-order valence-corrected chi connectivity index (χ0v) is 29.9. The van der Waals surface area contributed by atoms with Crippen LogP contribution in [0.3, 0.4) is 0 Å². The number of aliphatic hydroxyl groups is 1. The number of aliphatic hydroxyl groups excluding tert-OH is 1. The standard InChI is InChI=1S/C40H78O4/c1-3-5-7-9-11-13-15-17-19-20-21-22-23-25-27-29-31-33-35-40(42)44-39(37-41)38-43-36-34-32-30-28-26-24-18-16-14-12-10-8-6-4-2/h19-20,39,41H,3-18,21-38H2,1-2H3/b20-19-. The maximum Gasteiger partial charge on any atom is 0.306 e. The molecule has 0 bridgehead atoms. The third kappa shape index (κ3) is 35.6. The fourth-order valence-corrected chi connectivity index (χ4v) is 5.85. The Morgan fingerprint density at radius 1 is 0.523 bits per heavy atom. The summed E-state index contributed by atoms with van der Waals surface area (Å²) in [6.07, 6.45) is 44.0. The maximum atomic E-state index is 12.2. The van der Waals surface area contributed by atoms with Crippen molar-refractivity contribution in [2.45, 2.75) is 219 Å². The number of allylic oxidation sites excluding steroid dienone is 2. The first-order valence-electron chi connectivity index (χ1n) is 19.8. The van der Waals surface area contributed by atoms with E-state index in [0.29, 0.717) is 19.6 Å². The van der Waals surface area contributed by atoms with Gasteiger partial charge in [0.25, 0.3) is 0 Å². The van der Waals surface area contributed by atoms with Gasteiger partial charge in [-0.05, 0) is 38.5 Å². The number of rotatable bonds is 37. The van der Waals surface area contributed by atoms with Gasteiger partial charge >= 0.3 is 5.97 Å². The van der Waals surface area contributed by atoms with Crippen molar-refractivity contribution in [3.63, 3.8) is 0 Å². The molecule has 262 valence electrons. The lowest BCUT2D eigenvalue weighted by molar-refractivity contribution is -0.154. The summed E-state index contributed by atoms with van der Waals surface area (Å²) >= 11 is 0. The highest BCUT2D eigenvalue weighted by molar-refractivity contribution is 5.69. The lowest BCUT2D eigenvalue weighted by atomic mass is 10.0. The smallest absolute Gasteiger partial charge is 0.306 e. The molecule has 4 heteroatoms. The number of hydrogen-bond acceptors (Lipinski definition) is 4. The van der Waals surface area contributed by atoms with Crippen molar-refractivity contribution in [2.75, 3.05) is 19.8 Å². The molecule has 0 fully saturated rings. The Kier molecular flexibility index (Phi) is 37.6. The monoisotopic (exact) mass is 623 g/mol. The van der Waals surface area contributed by atoms with Gasteiger partial charge in [0.15, 0.2) is 0 Å². The molecule has 44 heavy (non-hydrogen) atoms. The number of carbonyl (C=O) groups is 1. The van der Waals surface area contributed by atoms with E-state index in [9.17, 15) is 9.90 Å². The van der Waals surface area contributed by atoms with Gasteiger partial charge in [-0.25, -0.2) is 0 Å². The van der Waals surface area contributed by atoms with Gasteiger partial charge in [-0.3, -0.25) is 4.79 Å². The highest BCUT2D eigenvalue weighted by Crippen LogP contribution is 2.14. The van der Waals surface area contributed by atoms with Crippen LogP contribution in [0.5, 0.6) is 0 Å². The van der Waals surface area contributed by atoms with Gasteiger partial charge in [0.2, 0.25) is 0 Å². The van der Waals surface area contributed by atoms with Crippen LogP contribution in [0, 0.1) is 0 Å². The Labute approximate surface area is 275 Å². The molecule has 0 aliphatic rings. The Bertz CT molecular complexity index is 576. The minimum Gasteiger partial charge on any atom is -0.457 e. The molecule has 0 saturated carbocycles. The van der Waals surface area contributed by atoms with E-state index >= 15 is 0 Å². The van der Waals surface area contributed by atoms with Crippen molar-refractivity contribution >= 4 is 5.97 Å². The number of unbranched alkanes of at least 4 members (excludes halogenated alkanes) is 27. The Hall–Kier alpha value is -0.870.